The molecule has 1 N–H and O–H groups in total. The van der Waals surface area contributed by atoms with Crippen LogP contribution in [0.2, 0.25) is 0 Å². The van der Waals surface area contributed by atoms with E-state index in [0.29, 0.717) is 24.0 Å². The lowest BCUT2D eigenvalue weighted by Gasteiger charge is -2.42. The zero-order valence-electron chi connectivity index (χ0n) is 16.8. The van der Waals surface area contributed by atoms with Gasteiger partial charge in [0.2, 0.25) is 5.75 Å². The zero-order valence-corrected chi connectivity index (χ0v) is 16.8. The smallest absolute Gasteiger partial charge is 0.284 e. The molecule has 7 nitrogen and oxygen atoms in total. The number of rotatable bonds is 1. The fourth-order valence-electron chi connectivity index (χ4n) is 4.42. The Morgan fingerprint density at radius 3 is 2.09 bits per heavy atom. The van der Waals surface area contributed by atoms with E-state index in [9.17, 15) is 27.9 Å². The van der Waals surface area contributed by atoms with Crippen molar-refractivity contribution in [2.24, 2.45) is 0 Å². The number of aryl methyl sites for hydroxylation is 2. The van der Waals surface area contributed by atoms with Crippen LogP contribution in [-0.4, -0.2) is 39.5 Å². The van der Waals surface area contributed by atoms with Crippen LogP contribution in [0.1, 0.15) is 38.8 Å². The topological polar surface area (TPSA) is 78.7 Å². The summed E-state index contributed by atoms with van der Waals surface area (Å²) >= 11 is 0. The minimum atomic E-state index is -1.50. The SMILES string of the molecule is CN1CN(C2c3cc(F)ccc3CCc3ccc(F)cc32)n2nc(F)c(=O)c(O)c2C1=O. The molecule has 2 aromatic carbocycles. The first kappa shape index (κ1) is 20.1. The van der Waals surface area contributed by atoms with Crippen LogP contribution in [0.4, 0.5) is 13.2 Å². The Balaban J connectivity index is 1.83. The second-order valence-electron chi connectivity index (χ2n) is 7.88. The molecule has 32 heavy (non-hydrogen) atoms. The van der Waals surface area contributed by atoms with Crippen LogP contribution in [0.5, 0.6) is 5.75 Å². The number of aromatic nitrogens is 2. The van der Waals surface area contributed by atoms with Gasteiger partial charge in [0.25, 0.3) is 17.3 Å². The Bertz CT molecular complexity index is 1290. The third-order valence-corrected chi connectivity index (χ3v) is 5.93. The summed E-state index contributed by atoms with van der Waals surface area (Å²) in [6.45, 7) is -0.142. The summed E-state index contributed by atoms with van der Waals surface area (Å²) in [6.07, 6.45) is 1.11. The van der Waals surface area contributed by atoms with Crippen LogP contribution in [0, 0.1) is 17.6 Å². The molecule has 1 aliphatic heterocycles. The maximum absolute atomic E-state index is 14.3. The minimum absolute atomic E-state index is 0.142. The van der Waals surface area contributed by atoms with Gasteiger partial charge in [-0.2, -0.15) is 9.18 Å². The monoisotopic (exact) mass is 442 g/mol. The Labute approximate surface area is 179 Å². The Hall–Kier alpha value is -3.82. The number of amides is 1. The average Bonchev–Trinajstić information content (AvgIpc) is 2.90. The molecule has 0 saturated heterocycles. The van der Waals surface area contributed by atoms with E-state index in [2.05, 4.69) is 5.10 Å². The molecule has 1 amide bonds. The molecule has 1 aromatic heterocycles. The number of carbonyl (C=O) groups is 1. The summed E-state index contributed by atoms with van der Waals surface area (Å²) in [7, 11) is 1.43. The van der Waals surface area contributed by atoms with Gasteiger partial charge in [0.05, 0.1) is 6.04 Å². The summed E-state index contributed by atoms with van der Waals surface area (Å²) < 4.78 is 42.9. The lowest BCUT2D eigenvalue weighted by atomic mass is 9.93. The lowest BCUT2D eigenvalue weighted by molar-refractivity contribution is 0.0712. The number of carbonyl (C=O) groups excluding carboxylic acids is 1. The molecule has 2 heterocycles. The normalized spacial score (nSPS) is 15.8. The Morgan fingerprint density at radius 2 is 1.53 bits per heavy atom. The van der Waals surface area contributed by atoms with Gasteiger partial charge in [0.15, 0.2) is 5.69 Å². The lowest BCUT2D eigenvalue weighted by Crippen LogP contribution is -2.55. The molecule has 0 fully saturated rings. The number of nitrogens with zero attached hydrogens (tertiary/aromatic N) is 4. The molecular formula is C22H17F3N4O3. The maximum Gasteiger partial charge on any atom is 0.284 e. The molecule has 1 aliphatic carbocycles. The maximum atomic E-state index is 14.3. The highest BCUT2D eigenvalue weighted by atomic mass is 19.1. The molecule has 5 rings (SSSR count). The van der Waals surface area contributed by atoms with Crippen LogP contribution in [0.3, 0.4) is 0 Å². The summed E-state index contributed by atoms with van der Waals surface area (Å²) in [5, 5.41) is 15.3. The predicted octanol–water partition coefficient (Wildman–Crippen LogP) is 2.24. The number of hydrogen-bond donors (Lipinski definition) is 1. The standard InChI is InChI=1S/C22H17F3N4O3/c1-27-10-28(29-18(22(27)32)19(30)20(31)21(25)26-29)17-15-8-13(23)6-4-11(15)2-3-12-5-7-14(24)9-16(12)17/h4-9,17,30H,2-3,10H2,1H3. The third kappa shape index (κ3) is 2.94. The summed E-state index contributed by atoms with van der Waals surface area (Å²) in [4.78, 5) is 26.7. The third-order valence-electron chi connectivity index (χ3n) is 5.93. The van der Waals surface area contributed by atoms with E-state index < -0.39 is 46.4 Å². The van der Waals surface area contributed by atoms with Crippen molar-refractivity contribution >= 4 is 5.91 Å². The summed E-state index contributed by atoms with van der Waals surface area (Å²) in [5.74, 6) is -4.35. The van der Waals surface area contributed by atoms with Gasteiger partial charge >= 0.3 is 0 Å². The number of fused-ring (bicyclic) bond motifs is 3. The highest BCUT2D eigenvalue weighted by molar-refractivity contribution is 5.95. The Kier molecular flexibility index (Phi) is 4.47. The predicted molar refractivity (Wildman–Crippen MR) is 107 cm³/mol. The van der Waals surface area contributed by atoms with Crippen LogP contribution >= 0.6 is 0 Å². The second-order valence-corrected chi connectivity index (χ2v) is 7.88. The fraction of sp³-hybridized carbons (Fsp3) is 0.227. The molecule has 0 spiro atoms. The molecule has 164 valence electrons. The molecule has 10 heteroatoms. The van der Waals surface area contributed by atoms with Crippen molar-refractivity contribution in [3.05, 3.63) is 92.2 Å². The van der Waals surface area contributed by atoms with E-state index in [1.165, 1.54) is 41.2 Å². The van der Waals surface area contributed by atoms with E-state index in [1.807, 2.05) is 0 Å². The number of aromatic hydroxyl groups is 1. The van der Waals surface area contributed by atoms with Gasteiger partial charge in [-0.25, -0.2) is 8.78 Å². The van der Waals surface area contributed by atoms with Crippen molar-refractivity contribution in [2.75, 3.05) is 18.7 Å². The zero-order chi connectivity index (χ0) is 22.7. The van der Waals surface area contributed by atoms with E-state index >= 15 is 0 Å². The second kappa shape index (κ2) is 7.11. The first-order chi connectivity index (χ1) is 15.3. The van der Waals surface area contributed by atoms with Crippen molar-refractivity contribution < 1.29 is 23.1 Å². The van der Waals surface area contributed by atoms with Gasteiger partial charge in [-0.1, -0.05) is 12.1 Å². The number of benzene rings is 2. The van der Waals surface area contributed by atoms with Crippen LogP contribution < -0.4 is 10.4 Å². The van der Waals surface area contributed by atoms with E-state index in [4.69, 9.17) is 0 Å². The van der Waals surface area contributed by atoms with Gasteiger partial charge in [0.1, 0.15) is 18.3 Å². The molecule has 0 saturated carbocycles. The van der Waals surface area contributed by atoms with Gasteiger partial charge in [-0.15, -0.1) is 5.10 Å². The van der Waals surface area contributed by atoms with Crippen molar-refractivity contribution in [2.45, 2.75) is 18.9 Å². The van der Waals surface area contributed by atoms with Crippen molar-refractivity contribution in [1.82, 2.24) is 14.8 Å². The van der Waals surface area contributed by atoms with Crippen LogP contribution in [0.25, 0.3) is 0 Å². The molecule has 0 unspecified atom stereocenters. The van der Waals surface area contributed by atoms with E-state index in [1.54, 1.807) is 12.1 Å². The van der Waals surface area contributed by atoms with Crippen molar-refractivity contribution in [1.29, 1.82) is 0 Å². The van der Waals surface area contributed by atoms with Gasteiger partial charge in [0, 0.05) is 7.05 Å². The molecule has 0 atom stereocenters. The van der Waals surface area contributed by atoms with E-state index in [0.717, 1.165) is 15.9 Å². The molecule has 0 radical (unpaired) electrons. The first-order valence-corrected chi connectivity index (χ1v) is 9.87. The van der Waals surface area contributed by atoms with Crippen LogP contribution in [-0.2, 0) is 12.8 Å². The molecular weight excluding hydrogens is 425 g/mol. The highest BCUT2D eigenvalue weighted by Gasteiger charge is 2.39. The largest absolute Gasteiger partial charge is 0.502 e. The number of hydrogen-bond acceptors (Lipinski definition) is 5. The quantitative estimate of drug-likeness (QED) is 0.626. The van der Waals surface area contributed by atoms with Crippen LogP contribution in [0.15, 0.2) is 41.2 Å². The highest BCUT2D eigenvalue weighted by Crippen LogP contribution is 2.38. The van der Waals surface area contributed by atoms with Gasteiger partial charge < -0.3 is 10.0 Å². The molecule has 0 bridgehead atoms. The summed E-state index contributed by atoms with van der Waals surface area (Å²) in [6, 6.07) is 7.67. The Morgan fingerprint density at radius 1 is 0.969 bits per heavy atom. The number of halogens is 3. The van der Waals surface area contributed by atoms with E-state index in [-0.39, 0.29) is 6.67 Å². The van der Waals surface area contributed by atoms with Crippen molar-refractivity contribution in [3.63, 3.8) is 0 Å². The minimum Gasteiger partial charge on any atom is -0.502 e. The molecule has 3 aromatic rings. The van der Waals surface area contributed by atoms with Gasteiger partial charge in [-0.05, 0) is 59.4 Å². The summed E-state index contributed by atoms with van der Waals surface area (Å²) in [5.41, 5.74) is 0.635. The first-order valence-electron chi connectivity index (χ1n) is 9.87. The fourth-order valence-corrected chi connectivity index (χ4v) is 4.42. The van der Waals surface area contributed by atoms with Gasteiger partial charge in [-0.3, -0.25) is 14.6 Å². The van der Waals surface area contributed by atoms with Crippen molar-refractivity contribution in [3.8, 4) is 5.75 Å². The average molecular weight is 442 g/mol. The molecule has 2 aliphatic rings.